The Morgan fingerprint density at radius 2 is 2.00 bits per heavy atom. The summed E-state index contributed by atoms with van der Waals surface area (Å²) in [5.74, 6) is 0. The van der Waals surface area contributed by atoms with Gasteiger partial charge in [0.1, 0.15) is 5.60 Å². The Bertz CT molecular complexity index is 893. The number of carbonyl (C=O) groups excluding carboxylic acids is 1. The molecule has 2 heterocycles. The first-order valence-corrected chi connectivity index (χ1v) is 11.1. The molecule has 4 nitrogen and oxygen atoms in total. The molecule has 1 aromatic rings. The Balaban J connectivity index is 2.02. The van der Waals surface area contributed by atoms with Crippen LogP contribution in [0, 0.1) is 0 Å². The van der Waals surface area contributed by atoms with Crippen LogP contribution in [-0.2, 0) is 4.74 Å². The zero-order valence-electron chi connectivity index (χ0n) is 18.6. The first-order chi connectivity index (χ1) is 14.2. The monoisotopic (exact) mass is 428 g/mol. The minimum Gasteiger partial charge on any atom is -0.444 e. The lowest BCUT2D eigenvalue weighted by Gasteiger charge is -2.27. The predicted molar refractivity (Wildman–Crippen MR) is 124 cm³/mol. The van der Waals surface area contributed by atoms with Crippen molar-refractivity contribution in [1.82, 2.24) is 10.2 Å². The minimum atomic E-state index is -0.511. The van der Waals surface area contributed by atoms with E-state index in [1.54, 1.807) is 4.90 Å². The van der Waals surface area contributed by atoms with Crippen molar-refractivity contribution < 1.29 is 9.53 Å². The van der Waals surface area contributed by atoms with Crippen molar-refractivity contribution in [3.05, 3.63) is 63.8 Å². The molecule has 5 heteroatoms. The van der Waals surface area contributed by atoms with Gasteiger partial charge in [0.15, 0.2) is 0 Å². The Hall–Kier alpha value is -2.20. The largest absolute Gasteiger partial charge is 0.444 e. The second-order valence-electron chi connectivity index (χ2n) is 9.16. The Morgan fingerprint density at radius 3 is 2.67 bits per heavy atom. The average molecular weight is 429 g/mol. The minimum absolute atomic E-state index is 0.277. The van der Waals surface area contributed by atoms with Crippen LogP contribution in [0.4, 0.5) is 4.79 Å². The molecule has 0 bridgehead atoms. The molecule has 0 radical (unpaired) electrons. The lowest BCUT2D eigenvalue weighted by molar-refractivity contribution is 0.0271. The number of hydrogen-bond acceptors (Lipinski definition) is 3. The molecule has 1 amide bonds. The van der Waals surface area contributed by atoms with Crippen LogP contribution in [0.1, 0.15) is 58.9 Å². The van der Waals surface area contributed by atoms with Crippen molar-refractivity contribution in [2.75, 3.05) is 19.6 Å². The number of likely N-dealkylation sites (tertiary alicyclic amines) is 1. The molecule has 0 atom stereocenters. The van der Waals surface area contributed by atoms with Gasteiger partial charge in [-0.05, 0) is 87.8 Å². The van der Waals surface area contributed by atoms with Gasteiger partial charge in [-0.3, -0.25) is 0 Å². The fourth-order valence-corrected chi connectivity index (χ4v) is 4.26. The summed E-state index contributed by atoms with van der Waals surface area (Å²) in [4.78, 5) is 14.4. The second-order valence-corrected chi connectivity index (χ2v) is 9.60. The molecule has 1 aromatic carbocycles. The Labute approximate surface area is 185 Å². The molecule has 1 fully saturated rings. The summed E-state index contributed by atoms with van der Waals surface area (Å²) in [5, 5.41) is 4.34. The van der Waals surface area contributed by atoms with Crippen molar-refractivity contribution in [3.63, 3.8) is 0 Å². The van der Waals surface area contributed by atoms with E-state index in [4.69, 9.17) is 16.3 Å². The topological polar surface area (TPSA) is 41.6 Å². The molecule has 30 heavy (non-hydrogen) atoms. The lowest BCUT2D eigenvalue weighted by atomic mass is 9.87. The molecule has 1 saturated heterocycles. The van der Waals surface area contributed by atoms with E-state index in [9.17, 15) is 4.79 Å². The third-order valence-corrected chi connectivity index (χ3v) is 5.67. The van der Waals surface area contributed by atoms with Gasteiger partial charge in [-0.15, -0.1) is 0 Å². The van der Waals surface area contributed by atoms with Gasteiger partial charge in [0.25, 0.3) is 0 Å². The molecule has 2 aliphatic heterocycles. The van der Waals surface area contributed by atoms with Gasteiger partial charge in [0.2, 0.25) is 0 Å². The van der Waals surface area contributed by atoms with Crippen molar-refractivity contribution in [2.45, 2.75) is 59.0 Å². The summed E-state index contributed by atoms with van der Waals surface area (Å²) in [5.41, 5.74) is 6.45. The first-order valence-electron chi connectivity index (χ1n) is 10.7. The normalized spacial score (nSPS) is 19.9. The molecule has 0 aliphatic carbocycles. The summed E-state index contributed by atoms with van der Waals surface area (Å²) in [7, 11) is 0. The van der Waals surface area contributed by atoms with Gasteiger partial charge in [0.05, 0.1) is 0 Å². The van der Waals surface area contributed by atoms with Gasteiger partial charge >= 0.3 is 6.09 Å². The predicted octanol–water partition coefficient (Wildman–Crippen LogP) is 6.34. The number of amides is 1. The van der Waals surface area contributed by atoms with E-state index in [1.165, 1.54) is 22.4 Å². The zero-order valence-corrected chi connectivity index (χ0v) is 19.4. The lowest BCUT2D eigenvalue weighted by Crippen LogP contribution is -2.37. The molecule has 0 unspecified atom stereocenters. The summed E-state index contributed by atoms with van der Waals surface area (Å²) >= 11 is 6.35. The highest BCUT2D eigenvalue weighted by Gasteiger charge is 2.27. The second kappa shape index (κ2) is 9.30. The van der Waals surface area contributed by atoms with E-state index < -0.39 is 5.60 Å². The van der Waals surface area contributed by atoms with Gasteiger partial charge in [-0.25, -0.2) is 4.79 Å². The van der Waals surface area contributed by atoms with Crippen LogP contribution in [0.25, 0.3) is 5.57 Å². The molecule has 0 aromatic heterocycles. The number of ether oxygens (including phenoxy) is 1. The number of benzene rings is 1. The van der Waals surface area contributed by atoms with Gasteiger partial charge in [0, 0.05) is 35.9 Å². The molecular formula is C25H33ClN2O2. The van der Waals surface area contributed by atoms with Gasteiger partial charge in [-0.2, -0.15) is 0 Å². The molecule has 162 valence electrons. The first kappa shape index (κ1) is 22.5. The smallest absolute Gasteiger partial charge is 0.410 e. The van der Waals surface area contributed by atoms with E-state index in [1.807, 2.05) is 39.0 Å². The summed E-state index contributed by atoms with van der Waals surface area (Å²) in [6.45, 7) is 14.3. The van der Waals surface area contributed by atoms with Gasteiger partial charge < -0.3 is 15.0 Å². The molecule has 3 rings (SSSR count). The molecule has 0 saturated carbocycles. The van der Waals surface area contributed by atoms with Crippen molar-refractivity contribution >= 4 is 23.3 Å². The van der Waals surface area contributed by atoms with E-state index >= 15 is 0 Å². The maximum Gasteiger partial charge on any atom is 0.410 e. The van der Waals surface area contributed by atoms with Crippen LogP contribution in [0.15, 0.2) is 53.3 Å². The molecule has 1 N–H and O–H groups in total. The van der Waals surface area contributed by atoms with Crippen molar-refractivity contribution in [3.8, 4) is 0 Å². The average Bonchev–Trinajstić information content (AvgIpc) is 2.84. The Morgan fingerprint density at radius 1 is 1.23 bits per heavy atom. The number of nitrogens with one attached hydrogen (secondary N) is 1. The van der Waals surface area contributed by atoms with E-state index in [-0.39, 0.29) is 6.09 Å². The third-order valence-electron chi connectivity index (χ3n) is 5.44. The number of hydrogen-bond donors (Lipinski definition) is 1. The zero-order chi connectivity index (χ0) is 21.9. The van der Waals surface area contributed by atoms with E-state index in [0.717, 1.165) is 43.4 Å². The third kappa shape index (κ3) is 5.48. The van der Waals surface area contributed by atoms with Crippen LogP contribution < -0.4 is 5.32 Å². The molecular weight excluding hydrogens is 396 g/mol. The summed E-state index contributed by atoms with van der Waals surface area (Å²) in [6.07, 6.45) is 3.67. The highest BCUT2D eigenvalue weighted by atomic mass is 35.5. The standard InChI is InChI=1S/C25H33ClN2O2/c1-17-9-7-13-27-23(17)22(19-10-6-11-20(26)15-19)21-12-8-14-28(16-18(21)2)24(29)30-25(3,4)5/h6,10-11,15,27H,2,7-9,12-14,16H2,1,3-5H3/b22-21-. The number of rotatable bonds is 2. The van der Waals surface area contributed by atoms with Gasteiger partial charge in [-0.1, -0.05) is 30.3 Å². The van der Waals surface area contributed by atoms with Crippen LogP contribution >= 0.6 is 11.6 Å². The number of halogens is 1. The van der Waals surface area contributed by atoms with Crippen molar-refractivity contribution in [1.29, 1.82) is 0 Å². The number of nitrogens with zero attached hydrogens (tertiary/aromatic N) is 1. The maximum absolute atomic E-state index is 12.7. The fourth-order valence-electron chi connectivity index (χ4n) is 4.07. The highest BCUT2D eigenvalue weighted by molar-refractivity contribution is 6.30. The Kier molecular flexibility index (Phi) is 6.97. The van der Waals surface area contributed by atoms with Crippen LogP contribution in [0.3, 0.4) is 0 Å². The highest BCUT2D eigenvalue weighted by Crippen LogP contribution is 2.37. The molecule has 0 spiro atoms. The van der Waals surface area contributed by atoms with Crippen molar-refractivity contribution in [2.24, 2.45) is 0 Å². The fraction of sp³-hybridized carbons (Fsp3) is 0.480. The van der Waals surface area contributed by atoms with Crippen LogP contribution in [0.5, 0.6) is 0 Å². The van der Waals surface area contributed by atoms with Crippen LogP contribution in [-0.4, -0.2) is 36.2 Å². The maximum atomic E-state index is 12.7. The van der Waals surface area contributed by atoms with Crippen LogP contribution in [0.2, 0.25) is 5.02 Å². The van der Waals surface area contributed by atoms with E-state index in [2.05, 4.69) is 24.9 Å². The molecule has 2 aliphatic rings. The number of allylic oxidation sites excluding steroid dienone is 2. The number of carbonyl (C=O) groups is 1. The SMILES string of the molecule is C=C1CN(C(=O)OC(C)(C)C)CCC/C1=C(/C1=C(C)CCCN1)c1cccc(Cl)c1. The van der Waals surface area contributed by atoms with E-state index in [0.29, 0.717) is 18.1 Å². The summed E-state index contributed by atoms with van der Waals surface area (Å²) < 4.78 is 5.60. The quantitative estimate of drug-likeness (QED) is 0.597. The summed E-state index contributed by atoms with van der Waals surface area (Å²) in [6, 6.07) is 8.01.